The van der Waals surface area contributed by atoms with E-state index in [1.165, 1.54) is 5.56 Å². The molecule has 1 N–H and O–H groups in total. The van der Waals surface area contributed by atoms with Crippen LogP contribution < -0.4 is 0 Å². The van der Waals surface area contributed by atoms with E-state index < -0.39 is 0 Å². The van der Waals surface area contributed by atoms with Gasteiger partial charge in [-0.3, -0.25) is 4.90 Å². The van der Waals surface area contributed by atoms with Crippen LogP contribution in [0, 0.1) is 0 Å². The SMILES string of the molecule is Cl.OC[C@@H]1COCCN1Cc1ccccc1. The lowest BCUT2D eigenvalue weighted by molar-refractivity contribution is -0.0312. The van der Waals surface area contributed by atoms with Gasteiger partial charge in [-0.25, -0.2) is 0 Å². The average Bonchev–Trinajstić information content (AvgIpc) is 2.31. The van der Waals surface area contributed by atoms with Gasteiger partial charge in [0.05, 0.1) is 25.9 Å². The van der Waals surface area contributed by atoms with E-state index in [0.29, 0.717) is 6.61 Å². The molecule has 1 aromatic carbocycles. The third kappa shape index (κ3) is 3.46. The van der Waals surface area contributed by atoms with Gasteiger partial charge in [0.1, 0.15) is 0 Å². The van der Waals surface area contributed by atoms with Gasteiger partial charge < -0.3 is 9.84 Å². The molecule has 0 spiro atoms. The Kier molecular flexibility index (Phi) is 5.77. The smallest absolute Gasteiger partial charge is 0.0644 e. The van der Waals surface area contributed by atoms with Crippen LogP contribution in [0.5, 0.6) is 0 Å². The van der Waals surface area contributed by atoms with Gasteiger partial charge >= 0.3 is 0 Å². The maximum Gasteiger partial charge on any atom is 0.0644 e. The van der Waals surface area contributed by atoms with Crippen molar-refractivity contribution in [1.82, 2.24) is 4.90 Å². The molecule has 0 bridgehead atoms. The van der Waals surface area contributed by atoms with Crippen molar-refractivity contribution < 1.29 is 9.84 Å². The number of hydrogen-bond donors (Lipinski definition) is 1. The number of ether oxygens (including phenoxy) is 1. The minimum absolute atomic E-state index is 0. The molecule has 1 atom stereocenters. The lowest BCUT2D eigenvalue weighted by Crippen LogP contribution is -2.46. The molecule has 0 aliphatic carbocycles. The number of halogens is 1. The highest BCUT2D eigenvalue weighted by Crippen LogP contribution is 2.11. The third-order valence-electron chi connectivity index (χ3n) is 2.79. The second-order valence-electron chi connectivity index (χ2n) is 3.87. The molecule has 0 unspecified atom stereocenters. The molecule has 1 aliphatic heterocycles. The second kappa shape index (κ2) is 6.86. The van der Waals surface area contributed by atoms with E-state index in [1.54, 1.807) is 0 Å². The quantitative estimate of drug-likeness (QED) is 0.869. The van der Waals surface area contributed by atoms with Crippen LogP contribution in [0.25, 0.3) is 0 Å². The number of aliphatic hydroxyl groups excluding tert-OH is 1. The summed E-state index contributed by atoms with van der Waals surface area (Å²) in [5, 5.41) is 9.22. The number of rotatable bonds is 3. The van der Waals surface area contributed by atoms with Crippen molar-refractivity contribution >= 4 is 12.4 Å². The minimum Gasteiger partial charge on any atom is -0.395 e. The van der Waals surface area contributed by atoms with E-state index in [2.05, 4.69) is 17.0 Å². The van der Waals surface area contributed by atoms with Crippen LogP contribution in [-0.2, 0) is 11.3 Å². The summed E-state index contributed by atoms with van der Waals surface area (Å²) in [4.78, 5) is 2.28. The van der Waals surface area contributed by atoms with Gasteiger partial charge in [0.2, 0.25) is 0 Å². The fraction of sp³-hybridized carbons (Fsp3) is 0.500. The van der Waals surface area contributed by atoms with Crippen molar-refractivity contribution in [3.63, 3.8) is 0 Å². The predicted octanol–water partition coefficient (Wildman–Crippen LogP) is 1.30. The summed E-state index contributed by atoms with van der Waals surface area (Å²) in [5.41, 5.74) is 1.29. The Bertz CT molecular complexity index is 294. The van der Waals surface area contributed by atoms with Crippen molar-refractivity contribution in [1.29, 1.82) is 0 Å². The first-order valence-electron chi connectivity index (χ1n) is 5.36. The normalized spacial score (nSPS) is 21.4. The molecule has 1 aromatic rings. The maximum absolute atomic E-state index is 9.22. The van der Waals surface area contributed by atoms with Crippen LogP contribution in [0.3, 0.4) is 0 Å². The predicted molar refractivity (Wildman–Crippen MR) is 65.8 cm³/mol. The number of nitrogens with zero attached hydrogens (tertiary/aromatic N) is 1. The van der Waals surface area contributed by atoms with E-state index in [1.807, 2.05) is 18.2 Å². The first kappa shape index (κ1) is 13.5. The Balaban J connectivity index is 0.00000128. The van der Waals surface area contributed by atoms with Crippen LogP contribution in [0.1, 0.15) is 5.56 Å². The fourth-order valence-electron chi connectivity index (χ4n) is 1.88. The number of hydrogen-bond acceptors (Lipinski definition) is 3. The summed E-state index contributed by atoms with van der Waals surface area (Å²) in [5.74, 6) is 0. The number of aliphatic hydroxyl groups is 1. The molecule has 4 heteroatoms. The Morgan fingerprint density at radius 3 is 2.75 bits per heavy atom. The topological polar surface area (TPSA) is 32.7 Å². The van der Waals surface area contributed by atoms with Crippen molar-refractivity contribution in [3.8, 4) is 0 Å². The van der Waals surface area contributed by atoms with Gasteiger partial charge in [0.25, 0.3) is 0 Å². The Morgan fingerprint density at radius 1 is 1.31 bits per heavy atom. The Morgan fingerprint density at radius 2 is 2.06 bits per heavy atom. The highest BCUT2D eigenvalue weighted by molar-refractivity contribution is 5.85. The molecule has 1 saturated heterocycles. The summed E-state index contributed by atoms with van der Waals surface area (Å²) in [6.45, 7) is 3.38. The Hall–Kier alpha value is -0.610. The van der Waals surface area contributed by atoms with Crippen LogP contribution in [0.15, 0.2) is 30.3 Å². The van der Waals surface area contributed by atoms with Crippen molar-refractivity contribution in [2.75, 3.05) is 26.4 Å². The standard InChI is InChI=1S/C12H17NO2.ClH/c14-9-12-10-15-7-6-13(12)8-11-4-2-1-3-5-11;/h1-5,12,14H,6-10H2;1H/t12-;/m1./s1. The third-order valence-corrected chi connectivity index (χ3v) is 2.79. The largest absolute Gasteiger partial charge is 0.395 e. The monoisotopic (exact) mass is 243 g/mol. The van der Waals surface area contributed by atoms with Gasteiger partial charge in [-0.05, 0) is 5.56 Å². The minimum atomic E-state index is 0. The fourth-order valence-corrected chi connectivity index (χ4v) is 1.88. The van der Waals surface area contributed by atoms with Crippen LogP contribution in [-0.4, -0.2) is 42.4 Å². The van der Waals surface area contributed by atoms with Gasteiger partial charge in [-0.15, -0.1) is 12.4 Å². The van der Waals surface area contributed by atoms with E-state index in [4.69, 9.17) is 4.74 Å². The van der Waals surface area contributed by atoms with Crippen molar-refractivity contribution in [2.24, 2.45) is 0 Å². The number of benzene rings is 1. The molecule has 0 saturated carbocycles. The summed E-state index contributed by atoms with van der Waals surface area (Å²) in [6, 6.07) is 10.5. The van der Waals surface area contributed by atoms with Crippen LogP contribution in [0.4, 0.5) is 0 Å². The van der Waals surface area contributed by atoms with Crippen LogP contribution >= 0.6 is 12.4 Å². The van der Waals surface area contributed by atoms with E-state index in [9.17, 15) is 5.11 Å². The molecule has 0 aromatic heterocycles. The summed E-state index contributed by atoms with van der Waals surface area (Å²) < 4.78 is 5.34. The maximum atomic E-state index is 9.22. The van der Waals surface area contributed by atoms with E-state index in [0.717, 1.165) is 19.7 Å². The summed E-state index contributed by atoms with van der Waals surface area (Å²) in [6.07, 6.45) is 0. The van der Waals surface area contributed by atoms with E-state index in [-0.39, 0.29) is 25.1 Å². The van der Waals surface area contributed by atoms with E-state index >= 15 is 0 Å². The first-order valence-corrected chi connectivity index (χ1v) is 5.36. The molecule has 16 heavy (non-hydrogen) atoms. The van der Waals surface area contributed by atoms with Gasteiger partial charge in [0, 0.05) is 13.1 Å². The molecular weight excluding hydrogens is 226 g/mol. The molecule has 90 valence electrons. The van der Waals surface area contributed by atoms with Gasteiger partial charge in [-0.1, -0.05) is 30.3 Å². The molecule has 1 fully saturated rings. The summed E-state index contributed by atoms with van der Waals surface area (Å²) >= 11 is 0. The molecule has 2 rings (SSSR count). The highest BCUT2D eigenvalue weighted by Gasteiger charge is 2.21. The lowest BCUT2D eigenvalue weighted by Gasteiger charge is -2.34. The summed E-state index contributed by atoms with van der Waals surface area (Å²) in [7, 11) is 0. The Labute approximate surface area is 102 Å². The molecule has 1 aliphatic rings. The molecule has 1 heterocycles. The number of morpholine rings is 1. The molecule has 0 amide bonds. The van der Waals surface area contributed by atoms with Gasteiger partial charge in [-0.2, -0.15) is 0 Å². The molecule has 3 nitrogen and oxygen atoms in total. The van der Waals surface area contributed by atoms with Crippen molar-refractivity contribution in [3.05, 3.63) is 35.9 Å². The van der Waals surface area contributed by atoms with Crippen molar-refractivity contribution in [2.45, 2.75) is 12.6 Å². The molecule has 0 radical (unpaired) electrons. The lowest BCUT2D eigenvalue weighted by atomic mass is 10.1. The molecular formula is C12H18ClNO2. The second-order valence-corrected chi connectivity index (χ2v) is 3.87. The highest BCUT2D eigenvalue weighted by atomic mass is 35.5. The zero-order valence-corrected chi connectivity index (χ0v) is 10.0. The average molecular weight is 244 g/mol. The van der Waals surface area contributed by atoms with Gasteiger partial charge in [0.15, 0.2) is 0 Å². The zero-order chi connectivity index (χ0) is 10.5. The zero-order valence-electron chi connectivity index (χ0n) is 9.21. The van der Waals surface area contributed by atoms with Crippen LogP contribution in [0.2, 0.25) is 0 Å². The first-order chi connectivity index (χ1) is 7.40.